The molecule has 3 rings (SSSR count). The summed E-state index contributed by atoms with van der Waals surface area (Å²) in [6.07, 6.45) is 8.00. The first kappa shape index (κ1) is 16.7. The quantitative estimate of drug-likeness (QED) is 0.815. The molecule has 0 amide bonds. The summed E-state index contributed by atoms with van der Waals surface area (Å²) in [5.74, 6) is 0.546. The number of piperidine rings is 1. The fourth-order valence-corrected chi connectivity index (χ4v) is 4.78. The van der Waals surface area contributed by atoms with E-state index >= 15 is 0 Å². The molecule has 3 fully saturated rings. The molecule has 3 aliphatic rings. The van der Waals surface area contributed by atoms with Crippen LogP contribution in [0.4, 0.5) is 0 Å². The molecule has 1 N–H and O–H groups in total. The lowest BCUT2D eigenvalue weighted by atomic mass is 9.95. The standard InChI is InChI=1S/C18H34N2O2/c1-15(2)22-14-18-7-3-9-20(18)17(4-8-18)12-19-10-5-16(13-21)6-11-19/h15-17,21H,3-14H2,1-2H3. The molecule has 0 bridgehead atoms. The van der Waals surface area contributed by atoms with Crippen LogP contribution in [0, 0.1) is 5.92 Å². The van der Waals surface area contributed by atoms with Gasteiger partial charge in [-0.1, -0.05) is 0 Å². The molecule has 128 valence electrons. The van der Waals surface area contributed by atoms with Crippen molar-refractivity contribution in [2.45, 2.75) is 70.1 Å². The van der Waals surface area contributed by atoms with Gasteiger partial charge in [-0.15, -0.1) is 0 Å². The van der Waals surface area contributed by atoms with Gasteiger partial charge in [-0.3, -0.25) is 4.90 Å². The van der Waals surface area contributed by atoms with E-state index < -0.39 is 0 Å². The van der Waals surface area contributed by atoms with Crippen LogP contribution < -0.4 is 0 Å². The molecule has 3 heterocycles. The van der Waals surface area contributed by atoms with E-state index in [4.69, 9.17) is 4.74 Å². The molecule has 0 saturated carbocycles. The van der Waals surface area contributed by atoms with Gasteiger partial charge in [0.1, 0.15) is 0 Å². The van der Waals surface area contributed by atoms with E-state index in [1.165, 1.54) is 64.7 Å². The number of aliphatic hydroxyl groups is 1. The zero-order chi connectivity index (χ0) is 15.6. The average Bonchev–Trinajstić information content (AvgIpc) is 3.07. The third-order valence-corrected chi connectivity index (χ3v) is 6.15. The van der Waals surface area contributed by atoms with E-state index in [9.17, 15) is 5.11 Å². The molecule has 2 atom stereocenters. The van der Waals surface area contributed by atoms with Gasteiger partial charge in [0.25, 0.3) is 0 Å². The predicted molar refractivity (Wildman–Crippen MR) is 89.0 cm³/mol. The molecule has 2 unspecified atom stereocenters. The van der Waals surface area contributed by atoms with Gasteiger partial charge < -0.3 is 14.7 Å². The average molecular weight is 310 g/mol. The highest BCUT2D eigenvalue weighted by Gasteiger charge is 2.49. The van der Waals surface area contributed by atoms with Crippen LogP contribution in [0.25, 0.3) is 0 Å². The Morgan fingerprint density at radius 3 is 2.59 bits per heavy atom. The van der Waals surface area contributed by atoms with Crippen LogP contribution >= 0.6 is 0 Å². The lowest BCUT2D eigenvalue weighted by Gasteiger charge is -2.38. The Hall–Kier alpha value is -0.160. The molecule has 0 aromatic heterocycles. The lowest BCUT2D eigenvalue weighted by molar-refractivity contribution is -0.00936. The predicted octanol–water partition coefficient (Wildman–Crippen LogP) is 2.11. The summed E-state index contributed by atoms with van der Waals surface area (Å²) in [6.45, 7) is 10.4. The summed E-state index contributed by atoms with van der Waals surface area (Å²) in [5, 5.41) is 9.28. The van der Waals surface area contributed by atoms with Crippen molar-refractivity contribution < 1.29 is 9.84 Å². The normalized spacial score (nSPS) is 34.6. The monoisotopic (exact) mass is 310 g/mol. The lowest BCUT2D eigenvalue weighted by Crippen LogP contribution is -2.50. The first-order valence-electron chi connectivity index (χ1n) is 9.34. The van der Waals surface area contributed by atoms with Gasteiger partial charge in [-0.2, -0.15) is 0 Å². The second-order valence-electron chi connectivity index (χ2n) is 8.00. The number of hydrogen-bond donors (Lipinski definition) is 1. The maximum absolute atomic E-state index is 9.28. The number of rotatable bonds is 6. The van der Waals surface area contributed by atoms with Gasteiger partial charge in [0, 0.05) is 24.7 Å². The number of aliphatic hydroxyl groups excluding tert-OH is 1. The Morgan fingerprint density at radius 1 is 1.14 bits per heavy atom. The second kappa shape index (κ2) is 7.16. The van der Waals surface area contributed by atoms with Crippen LogP contribution in [0.3, 0.4) is 0 Å². The van der Waals surface area contributed by atoms with Crippen molar-refractivity contribution >= 4 is 0 Å². The molecule has 4 heteroatoms. The largest absolute Gasteiger partial charge is 0.396 e. The molecule has 0 aromatic rings. The number of nitrogens with zero attached hydrogens (tertiary/aromatic N) is 2. The fraction of sp³-hybridized carbons (Fsp3) is 1.00. The minimum Gasteiger partial charge on any atom is -0.396 e. The zero-order valence-electron chi connectivity index (χ0n) is 14.5. The Bertz CT molecular complexity index is 355. The number of fused-ring (bicyclic) bond motifs is 1. The van der Waals surface area contributed by atoms with E-state index in [2.05, 4.69) is 23.6 Å². The second-order valence-corrected chi connectivity index (χ2v) is 8.00. The Balaban J connectivity index is 1.53. The summed E-state index contributed by atoms with van der Waals surface area (Å²) in [7, 11) is 0. The van der Waals surface area contributed by atoms with Crippen molar-refractivity contribution in [3.8, 4) is 0 Å². The van der Waals surface area contributed by atoms with Gasteiger partial charge in [0.05, 0.1) is 12.7 Å². The van der Waals surface area contributed by atoms with E-state index in [0.717, 1.165) is 12.6 Å². The van der Waals surface area contributed by atoms with Crippen molar-refractivity contribution in [2.75, 3.05) is 39.4 Å². The number of likely N-dealkylation sites (tertiary alicyclic amines) is 1. The third kappa shape index (κ3) is 3.50. The molecule has 4 nitrogen and oxygen atoms in total. The van der Waals surface area contributed by atoms with Gasteiger partial charge in [-0.05, 0) is 77.9 Å². The van der Waals surface area contributed by atoms with Crippen LogP contribution in [-0.4, -0.2) is 72.0 Å². The number of ether oxygens (including phenoxy) is 1. The van der Waals surface area contributed by atoms with Crippen LogP contribution in [0.5, 0.6) is 0 Å². The van der Waals surface area contributed by atoms with Crippen molar-refractivity contribution in [1.82, 2.24) is 9.80 Å². The fourth-order valence-electron chi connectivity index (χ4n) is 4.78. The van der Waals surface area contributed by atoms with Crippen molar-refractivity contribution in [3.63, 3.8) is 0 Å². The zero-order valence-corrected chi connectivity index (χ0v) is 14.5. The van der Waals surface area contributed by atoms with Gasteiger partial charge >= 0.3 is 0 Å². The van der Waals surface area contributed by atoms with E-state index in [1.807, 2.05) is 0 Å². The minimum atomic E-state index is 0.341. The molecular formula is C18H34N2O2. The highest BCUT2D eigenvalue weighted by molar-refractivity contribution is 5.05. The van der Waals surface area contributed by atoms with Crippen LogP contribution in [-0.2, 0) is 4.74 Å². The molecular weight excluding hydrogens is 276 g/mol. The Kier molecular flexibility index (Phi) is 5.43. The van der Waals surface area contributed by atoms with E-state index in [1.54, 1.807) is 0 Å². The van der Waals surface area contributed by atoms with Crippen LogP contribution in [0.15, 0.2) is 0 Å². The van der Waals surface area contributed by atoms with Crippen LogP contribution in [0.1, 0.15) is 52.4 Å². The Labute approximate surface area is 135 Å². The molecule has 0 spiro atoms. The maximum Gasteiger partial charge on any atom is 0.0654 e. The van der Waals surface area contributed by atoms with Gasteiger partial charge in [0.15, 0.2) is 0 Å². The molecule has 0 aromatic carbocycles. The van der Waals surface area contributed by atoms with Crippen LogP contribution in [0.2, 0.25) is 0 Å². The van der Waals surface area contributed by atoms with Gasteiger partial charge in [0.2, 0.25) is 0 Å². The smallest absolute Gasteiger partial charge is 0.0654 e. The maximum atomic E-state index is 9.28. The van der Waals surface area contributed by atoms with Crippen molar-refractivity contribution in [3.05, 3.63) is 0 Å². The Morgan fingerprint density at radius 2 is 1.91 bits per heavy atom. The van der Waals surface area contributed by atoms with Gasteiger partial charge in [-0.25, -0.2) is 0 Å². The third-order valence-electron chi connectivity index (χ3n) is 6.15. The summed E-state index contributed by atoms with van der Waals surface area (Å²) in [5.41, 5.74) is 0.346. The molecule has 0 radical (unpaired) electrons. The highest BCUT2D eigenvalue weighted by Crippen LogP contribution is 2.43. The summed E-state index contributed by atoms with van der Waals surface area (Å²) in [4.78, 5) is 5.42. The molecule has 3 saturated heterocycles. The summed E-state index contributed by atoms with van der Waals surface area (Å²) < 4.78 is 6.01. The van der Waals surface area contributed by atoms with Crippen molar-refractivity contribution in [1.29, 1.82) is 0 Å². The first-order chi connectivity index (χ1) is 10.6. The molecule has 3 aliphatic heterocycles. The molecule has 0 aliphatic carbocycles. The summed E-state index contributed by atoms with van der Waals surface area (Å²) in [6, 6.07) is 0.726. The topological polar surface area (TPSA) is 35.9 Å². The SMILES string of the molecule is CC(C)OCC12CCCN1C(CN1CCC(CO)CC1)CC2. The first-order valence-corrected chi connectivity index (χ1v) is 9.34. The van der Waals surface area contributed by atoms with Crippen molar-refractivity contribution in [2.24, 2.45) is 5.92 Å². The van der Waals surface area contributed by atoms with E-state index in [0.29, 0.717) is 24.2 Å². The van der Waals surface area contributed by atoms with E-state index in [-0.39, 0.29) is 0 Å². The minimum absolute atomic E-state index is 0.341. The highest BCUT2D eigenvalue weighted by atomic mass is 16.5. The number of hydrogen-bond acceptors (Lipinski definition) is 4. The molecule has 22 heavy (non-hydrogen) atoms. The summed E-state index contributed by atoms with van der Waals surface area (Å²) >= 11 is 0.